The molecule has 0 saturated carbocycles. The van der Waals surface area contributed by atoms with E-state index in [1.807, 2.05) is 38.1 Å². The number of hydrogen-bond donors (Lipinski definition) is 2. The zero-order valence-corrected chi connectivity index (χ0v) is 11.0. The van der Waals surface area contributed by atoms with E-state index >= 15 is 0 Å². The zero-order chi connectivity index (χ0) is 13.7. The molecule has 0 fully saturated rings. The Labute approximate surface area is 111 Å². The number of rotatable bonds is 4. The summed E-state index contributed by atoms with van der Waals surface area (Å²) in [5, 5.41) is 9.62. The van der Waals surface area contributed by atoms with E-state index in [0.29, 0.717) is 6.54 Å². The molecule has 0 bridgehead atoms. The Morgan fingerprint density at radius 1 is 1.37 bits per heavy atom. The molecular weight excluding hydrogens is 242 g/mol. The first-order valence-corrected chi connectivity index (χ1v) is 6.10. The maximum Gasteiger partial charge on any atom is 0.319 e. The first-order valence-electron chi connectivity index (χ1n) is 6.10. The SMILES string of the molecule is Cc1ccc(NC(=O)NC(C)Cn2cncn2)cc1. The quantitative estimate of drug-likeness (QED) is 0.879. The number of anilines is 1. The van der Waals surface area contributed by atoms with Crippen molar-refractivity contribution in [3.05, 3.63) is 42.5 Å². The van der Waals surface area contributed by atoms with Gasteiger partial charge in [-0.3, -0.25) is 4.68 Å². The predicted octanol–water partition coefficient (Wildman–Crippen LogP) is 1.80. The number of hydrogen-bond acceptors (Lipinski definition) is 3. The summed E-state index contributed by atoms with van der Waals surface area (Å²) in [6.07, 6.45) is 3.09. The number of aromatic nitrogens is 3. The van der Waals surface area contributed by atoms with Gasteiger partial charge in [-0.25, -0.2) is 9.78 Å². The molecule has 1 aromatic carbocycles. The molecule has 0 aliphatic rings. The fraction of sp³-hybridized carbons (Fsp3) is 0.308. The van der Waals surface area contributed by atoms with Crippen molar-refractivity contribution in [2.45, 2.75) is 26.4 Å². The number of benzene rings is 1. The van der Waals surface area contributed by atoms with Crippen molar-refractivity contribution in [3.63, 3.8) is 0 Å². The van der Waals surface area contributed by atoms with Crippen molar-refractivity contribution >= 4 is 11.7 Å². The van der Waals surface area contributed by atoms with Gasteiger partial charge in [0.1, 0.15) is 12.7 Å². The van der Waals surface area contributed by atoms with Crippen molar-refractivity contribution in [2.75, 3.05) is 5.32 Å². The molecule has 2 rings (SSSR count). The van der Waals surface area contributed by atoms with Crippen LogP contribution in [0, 0.1) is 6.92 Å². The van der Waals surface area contributed by atoms with E-state index in [2.05, 4.69) is 20.7 Å². The molecule has 0 radical (unpaired) electrons. The average Bonchev–Trinajstić information content (AvgIpc) is 2.84. The van der Waals surface area contributed by atoms with Crippen LogP contribution >= 0.6 is 0 Å². The molecule has 0 aliphatic carbocycles. The van der Waals surface area contributed by atoms with Gasteiger partial charge in [0.2, 0.25) is 0 Å². The van der Waals surface area contributed by atoms with E-state index in [0.717, 1.165) is 11.3 Å². The Morgan fingerprint density at radius 2 is 2.11 bits per heavy atom. The second-order valence-electron chi connectivity index (χ2n) is 4.48. The third kappa shape index (κ3) is 4.09. The van der Waals surface area contributed by atoms with Gasteiger partial charge in [-0.1, -0.05) is 17.7 Å². The molecule has 100 valence electrons. The summed E-state index contributed by atoms with van der Waals surface area (Å²) in [7, 11) is 0. The third-order valence-electron chi connectivity index (χ3n) is 2.61. The topological polar surface area (TPSA) is 71.8 Å². The van der Waals surface area contributed by atoms with E-state index in [-0.39, 0.29) is 12.1 Å². The van der Waals surface area contributed by atoms with Crippen LogP contribution in [-0.4, -0.2) is 26.8 Å². The monoisotopic (exact) mass is 259 g/mol. The van der Waals surface area contributed by atoms with Crippen LogP contribution in [0.5, 0.6) is 0 Å². The van der Waals surface area contributed by atoms with E-state index in [9.17, 15) is 4.79 Å². The Balaban J connectivity index is 1.82. The van der Waals surface area contributed by atoms with Gasteiger partial charge < -0.3 is 10.6 Å². The summed E-state index contributed by atoms with van der Waals surface area (Å²) in [4.78, 5) is 15.6. The zero-order valence-electron chi connectivity index (χ0n) is 11.0. The summed E-state index contributed by atoms with van der Waals surface area (Å²) < 4.78 is 1.68. The summed E-state index contributed by atoms with van der Waals surface area (Å²) in [6, 6.07) is 7.39. The van der Waals surface area contributed by atoms with Crippen LogP contribution in [0.1, 0.15) is 12.5 Å². The van der Waals surface area contributed by atoms with E-state index < -0.39 is 0 Å². The van der Waals surface area contributed by atoms with E-state index in [4.69, 9.17) is 0 Å². The molecule has 19 heavy (non-hydrogen) atoms. The van der Waals surface area contributed by atoms with Gasteiger partial charge in [-0.2, -0.15) is 5.10 Å². The summed E-state index contributed by atoms with van der Waals surface area (Å²) in [6.45, 7) is 4.50. The number of amides is 2. The van der Waals surface area contributed by atoms with E-state index in [1.54, 1.807) is 11.0 Å². The van der Waals surface area contributed by atoms with Crippen LogP contribution < -0.4 is 10.6 Å². The first-order chi connectivity index (χ1) is 9.13. The molecule has 2 aromatic rings. The van der Waals surface area contributed by atoms with Crippen LogP contribution in [0.15, 0.2) is 36.9 Å². The molecule has 0 aliphatic heterocycles. The average molecular weight is 259 g/mol. The lowest BCUT2D eigenvalue weighted by atomic mass is 10.2. The largest absolute Gasteiger partial charge is 0.334 e. The van der Waals surface area contributed by atoms with Gasteiger partial charge in [-0.15, -0.1) is 0 Å². The second-order valence-corrected chi connectivity index (χ2v) is 4.48. The fourth-order valence-corrected chi connectivity index (χ4v) is 1.68. The molecule has 1 heterocycles. The van der Waals surface area contributed by atoms with E-state index in [1.165, 1.54) is 6.33 Å². The lowest BCUT2D eigenvalue weighted by molar-refractivity contribution is 0.247. The van der Waals surface area contributed by atoms with Gasteiger partial charge in [0, 0.05) is 11.7 Å². The predicted molar refractivity (Wildman–Crippen MR) is 72.8 cm³/mol. The van der Waals surface area contributed by atoms with Gasteiger partial charge >= 0.3 is 6.03 Å². The highest BCUT2D eigenvalue weighted by Gasteiger charge is 2.08. The first kappa shape index (κ1) is 13.1. The van der Waals surface area contributed by atoms with Crippen molar-refractivity contribution in [2.24, 2.45) is 0 Å². The molecule has 2 N–H and O–H groups in total. The van der Waals surface area contributed by atoms with Crippen LogP contribution in [0.4, 0.5) is 10.5 Å². The highest BCUT2D eigenvalue weighted by molar-refractivity contribution is 5.89. The summed E-state index contributed by atoms with van der Waals surface area (Å²) in [5.41, 5.74) is 1.93. The number of nitrogens with zero attached hydrogens (tertiary/aromatic N) is 3. The van der Waals surface area contributed by atoms with Crippen LogP contribution in [-0.2, 0) is 6.54 Å². The minimum absolute atomic E-state index is 0.0350. The third-order valence-corrected chi connectivity index (χ3v) is 2.61. The van der Waals surface area contributed by atoms with Crippen LogP contribution in [0.3, 0.4) is 0 Å². The molecule has 0 saturated heterocycles. The number of aryl methyl sites for hydroxylation is 1. The van der Waals surface area contributed by atoms with Gasteiger partial charge in [0.25, 0.3) is 0 Å². The smallest absolute Gasteiger partial charge is 0.319 e. The number of urea groups is 1. The lowest BCUT2D eigenvalue weighted by Gasteiger charge is -2.14. The van der Waals surface area contributed by atoms with Gasteiger partial charge in [-0.05, 0) is 26.0 Å². The van der Waals surface area contributed by atoms with Gasteiger partial charge in [0.15, 0.2) is 0 Å². The maximum absolute atomic E-state index is 11.8. The number of carbonyl (C=O) groups excluding carboxylic acids is 1. The number of carbonyl (C=O) groups is 1. The Morgan fingerprint density at radius 3 is 2.74 bits per heavy atom. The highest BCUT2D eigenvalue weighted by Crippen LogP contribution is 2.08. The molecule has 0 spiro atoms. The van der Waals surface area contributed by atoms with Crippen LogP contribution in [0.25, 0.3) is 0 Å². The molecule has 1 unspecified atom stereocenters. The lowest BCUT2D eigenvalue weighted by Crippen LogP contribution is -2.38. The van der Waals surface area contributed by atoms with Crippen LogP contribution in [0.2, 0.25) is 0 Å². The Bertz CT molecular complexity index is 520. The molecule has 1 aromatic heterocycles. The molecule has 2 amide bonds. The maximum atomic E-state index is 11.8. The fourth-order valence-electron chi connectivity index (χ4n) is 1.68. The molecule has 1 atom stereocenters. The summed E-state index contributed by atoms with van der Waals surface area (Å²) in [5.74, 6) is 0. The molecule has 6 nitrogen and oxygen atoms in total. The van der Waals surface area contributed by atoms with Crippen molar-refractivity contribution in [1.82, 2.24) is 20.1 Å². The highest BCUT2D eigenvalue weighted by atomic mass is 16.2. The molecule has 6 heteroatoms. The van der Waals surface area contributed by atoms with Crippen molar-refractivity contribution in [3.8, 4) is 0 Å². The number of nitrogens with one attached hydrogen (secondary N) is 2. The Hall–Kier alpha value is -2.37. The summed E-state index contributed by atoms with van der Waals surface area (Å²) >= 11 is 0. The second kappa shape index (κ2) is 5.99. The van der Waals surface area contributed by atoms with Crippen molar-refractivity contribution < 1.29 is 4.79 Å². The molecular formula is C13H17N5O. The van der Waals surface area contributed by atoms with Crippen molar-refractivity contribution in [1.29, 1.82) is 0 Å². The Kier molecular flexibility index (Phi) is 4.12. The van der Waals surface area contributed by atoms with Gasteiger partial charge in [0.05, 0.1) is 6.54 Å². The minimum Gasteiger partial charge on any atom is -0.334 e. The minimum atomic E-state index is -0.225. The normalized spacial score (nSPS) is 11.9. The standard InChI is InChI=1S/C13H17N5O/c1-10-3-5-12(6-4-10)17-13(19)16-11(2)7-18-9-14-8-15-18/h3-6,8-9,11H,7H2,1-2H3,(H2,16,17,19).